The van der Waals surface area contributed by atoms with E-state index in [1.54, 1.807) is 0 Å². The normalized spacial score (nSPS) is 13.4. The van der Waals surface area contributed by atoms with Crippen molar-refractivity contribution >= 4 is 76.2 Å². The van der Waals surface area contributed by atoms with Gasteiger partial charge in [0.05, 0.1) is 0 Å². The number of hydrogen-bond donors (Lipinski definition) is 0. The molecule has 0 spiro atoms. The molecule has 276 valence electrons. The average Bonchev–Trinajstić information content (AvgIpc) is 3.93. The van der Waals surface area contributed by atoms with Gasteiger partial charge < -0.3 is 8.83 Å². The van der Waals surface area contributed by atoms with E-state index in [-0.39, 0.29) is 5.41 Å². The molecule has 1 aliphatic carbocycles. The third kappa shape index (κ3) is 4.52. The molecule has 0 N–H and O–H groups in total. The molecule has 0 saturated heterocycles. The summed E-state index contributed by atoms with van der Waals surface area (Å²) in [6.07, 6.45) is 0. The molecule has 0 fully saturated rings. The molecule has 0 radical (unpaired) electrons. The first kappa shape index (κ1) is 32.6. The van der Waals surface area contributed by atoms with Crippen LogP contribution in [0.5, 0.6) is 0 Å². The monoisotopic (exact) mass is 752 g/mol. The third-order valence-corrected chi connectivity index (χ3v) is 13.3. The lowest BCUT2D eigenvalue weighted by Crippen LogP contribution is -2.15. The van der Waals surface area contributed by atoms with E-state index in [1.807, 2.05) is 12.1 Å². The maximum atomic E-state index is 6.61. The minimum absolute atomic E-state index is 0.197. The van der Waals surface area contributed by atoms with Crippen molar-refractivity contribution in [2.24, 2.45) is 0 Å². The van der Waals surface area contributed by atoms with Crippen LogP contribution in [0.3, 0.4) is 0 Å². The zero-order valence-electron chi connectivity index (χ0n) is 32.6. The highest BCUT2D eigenvalue weighted by Gasteiger charge is 2.36. The van der Waals surface area contributed by atoms with Gasteiger partial charge in [-0.3, -0.25) is 0 Å². The van der Waals surface area contributed by atoms with Crippen molar-refractivity contribution in [3.8, 4) is 44.5 Å². The van der Waals surface area contributed by atoms with Crippen molar-refractivity contribution in [2.75, 3.05) is 0 Å². The fourth-order valence-corrected chi connectivity index (χ4v) is 10.5. The summed E-state index contributed by atoms with van der Waals surface area (Å²) in [5.41, 5.74) is 16.2. The van der Waals surface area contributed by atoms with Gasteiger partial charge in [-0.25, -0.2) is 0 Å². The molecule has 2 nitrogen and oxygen atoms in total. The van der Waals surface area contributed by atoms with Gasteiger partial charge in [0.25, 0.3) is 0 Å². The molecule has 0 amide bonds. The summed E-state index contributed by atoms with van der Waals surface area (Å²) in [6, 6.07) is 66.5. The van der Waals surface area contributed by atoms with Crippen LogP contribution in [0.4, 0.5) is 0 Å². The summed E-state index contributed by atoms with van der Waals surface area (Å²) in [4.78, 5) is 0. The molecule has 0 bridgehead atoms. The molecule has 2 heteroatoms. The van der Waals surface area contributed by atoms with Crippen LogP contribution < -0.4 is 0 Å². The summed E-state index contributed by atoms with van der Waals surface area (Å²) in [5.74, 6) is 0. The lowest BCUT2D eigenvalue weighted by molar-refractivity contribution is 0.661. The van der Waals surface area contributed by atoms with E-state index < -0.39 is 0 Å². The Morgan fingerprint density at radius 2 is 0.746 bits per heavy atom. The fraction of sp³-hybridized carbons (Fsp3) is 0.0526. The van der Waals surface area contributed by atoms with Crippen molar-refractivity contribution in [3.63, 3.8) is 0 Å². The Hall–Kier alpha value is -7.42. The van der Waals surface area contributed by atoms with Crippen molar-refractivity contribution in [1.82, 2.24) is 0 Å². The lowest BCUT2D eigenvalue weighted by Gasteiger charge is -2.23. The zero-order chi connectivity index (χ0) is 39.0. The standard InChI is InChI=1S/C57H36O2/c1-57(2)47-30-34(35-21-25-46-52(32-35)59-51-29-27-43-44(56(46)51)26-28-50-55(43)45-18-10-11-19-49(45)58-50)20-23-37(47)38-24-22-36(31-48(38)57)54-41-16-8-6-14-39(41)53(33-12-4-3-5-13-33)40-15-7-9-17-42(40)54/h3-32H,1-2H3. The number of fused-ring (bicyclic) bond motifs is 14. The first-order chi connectivity index (χ1) is 29.0. The Kier molecular flexibility index (Phi) is 6.54. The number of benzene rings is 10. The molecule has 13 rings (SSSR count). The van der Waals surface area contributed by atoms with Crippen molar-refractivity contribution in [3.05, 3.63) is 193 Å². The van der Waals surface area contributed by atoms with Gasteiger partial charge in [-0.05, 0) is 143 Å². The Morgan fingerprint density at radius 3 is 1.37 bits per heavy atom. The van der Waals surface area contributed by atoms with Gasteiger partial charge in [-0.15, -0.1) is 0 Å². The number of hydrogen-bond acceptors (Lipinski definition) is 2. The lowest BCUT2D eigenvalue weighted by atomic mass is 9.80. The van der Waals surface area contributed by atoms with Crippen LogP contribution >= 0.6 is 0 Å². The minimum atomic E-state index is -0.197. The van der Waals surface area contributed by atoms with Gasteiger partial charge >= 0.3 is 0 Å². The molecular weight excluding hydrogens is 717 g/mol. The van der Waals surface area contributed by atoms with Gasteiger partial charge in [0.1, 0.15) is 22.3 Å². The Balaban J connectivity index is 0.924. The van der Waals surface area contributed by atoms with Crippen LogP contribution in [0.2, 0.25) is 0 Å². The van der Waals surface area contributed by atoms with E-state index in [2.05, 4.69) is 184 Å². The maximum Gasteiger partial charge on any atom is 0.136 e. The summed E-state index contributed by atoms with van der Waals surface area (Å²) < 4.78 is 12.8. The molecule has 0 aliphatic heterocycles. The van der Waals surface area contributed by atoms with Gasteiger partial charge in [0.15, 0.2) is 0 Å². The SMILES string of the molecule is CC1(C)c2cc(-c3ccc4c(c3)oc3ccc5c(ccc6oc7ccccc7c65)c34)ccc2-c2ccc(-c3c4ccccc4c(-c4ccccc4)c4ccccc34)cc21. The van der Waals surface area contributed by atoms with Gasteiger partial charge in [0, 0.05) is 27.0 Å². The van der Waals surface area contributed by atoms with E-state index >= 15 is 0 Å². The number of para-hydroxylation sites is 1. The van der Waals surface area contributed by atoms with Crippen LogP contribution in [-0.2, 0) is 5.41 Å². The van der Waals surface area contributed by atoms with Crippen molar-refractivity contribution < 1.29 is 8.83 Å². The molecule has 0 atom stereocenters. The van der Waals surface area contributed by atoms with Crippen molar-refractivity contribution in [1.29, 1.82) is 0 Å². The van der Waals surface area contributed by atoms with E-state index in [4.69, 9.17) is 8.83 Å². The second-order valence-electron chi connectivity index (χ2n) is 16.7. The Bertz CT molecular complexity index is 3690. The average molecular weight is 753 g/mol. The summed E-state index contributed by atoms with van der Waals surface area (Å²) in [7, 11) is 0. The van der Waals surface area contributed by atoms with E-state index in [1.165, 1.54) is 82.4 Å². The molecule has 59 heavy (non-hydrogen) atoms. The summed E-state index contributed by atoms with van der Waals surface area (Å²) >= 11 is 0. The second-order valence-corrected chi connectivity index (χ2v) is 16.7. The van der Waals surface area contributed by atoms with E-state index in [0.717, 1.165) is 49.4 Å². The maximum absolute atomic E-state index is 6.61. The van der Waals surface area contributed by atoms with E-state index in [0.29, 0.717) is 0 Å². The second kappa shape index (κ2) is 11.8. The van der Waals surface area contributed by atoms with Crippen molar-refractivity contribution in [2.45, 2.75) is 19.3 Å². The Labute approximate surface area is 340 Å². The fourth-order valence-electron chi connectivity index (χ4n) is 10.5. The number of rotatable bonds is 3. The predicted molar refractivity (Wildman–Crippen MR) is 247 cm³/mol. The third-order valence-electron chi connectivity index (χ3n) is 13.3. The molecular formula is C57H36O2. The van der Waals surface area contributed by atoms with Gasteiger partial charge in [-0.1, -0.05) is 141 Å². The largest absolute Gasteiger partial charge is 0.456 e. The van der Waals surface area contributed by atoms with Crippen LogP contribution in [0, 0.1) is 0 Å². The summed E-state index contributed by atoms with van der Waals surface area (Å²) in [5, 5.41) is 12.0. The predicted octanol–water partition coefficient (Wildman–Crippen LogP) is 16.3. The molecule has 0 saturated carbocycles. The zero-order valence-corrected chi connectivity index (χ0v) is 32.6. The highest BCUT2D eigenvalue weighted by atomic mass is 16.3. The highest BCUT2D eigenvalue weighted by molar-refractivity contribution is 6.27. The topological polar surface area (TPSA) is 26.3 Å². The first-order valence-electron chi connectivity index (χ1n) is 20.5. The minimum Gasteiger partial charge on any atom is -0.456 e. The quantitative estimate of drug-likeness (QED) is 0.168. The molecule has 2 heterocycles. The van der Waals surface area contributed by atoms with Gasteiger partial charge in [-0.2, -0.15) is 0 Å². The molecule has 12 aromatic rings. The molecule has 1 aliphatic rings. The smallest absolute Gasteiger partial charge is 0.136 e. The van der Waals surface area contributed by atoms with Crippen LogP contribution in [-0.4, -0.2) is 0 Å². The molecule has 10 aromatic carbocycles. The van der Waals surface area contributed by atoms with Crippen LogP contribution in [0.15, 0.2) is 191 Å². The van der Waals surface area contributed by atoms with Crippen LogP contribution in [0.1, 0.15) is 25.0 Å². The first-order valence-corrected chi connectivity index (χ1v) is 20.5. The van der Waals surface area contributed by atoms with E-state index in [9.17, 15) is 0 Å². The van der Waals surface area contributed by atoms with Crippen LogP contribution in [0.25, 0.3) is 121 Å². The molecule has 2 aromatic heterocycles. The number of furan rings is 2. The molecule has 0 unspecified atom stereocenters. The van der Waals surface area contributed by atoms with Gasteiger partial charge in [0.2, 0.25) is 0 Å². The highest BCUT2D eigenvalue weighted by Crippen LogP contribution is 2.52. The Morgan fingerprint density at radius 1 is 0.305 bits per heavy atom. The summed E-state index contributed by atoms with van der Waals surface area (Å²) in [6.45, 7) is 4.77.